The molecule has 0 aliphatic heterocycles. The molecule has 0 spiro atoms. The van der Waals surface area contributed by atoms with Crippen molar-refractivity contribution >= 4 is 28.6 Å². The molecule has 0 amide bonds. The third-order valence-corrected chi connectivity index (χ3v) is 3.37. The van der Waals surface area contributed by atoms with E-state index in [1.165, 1.54) is 6.08 Å². The molecule has 3 N–H and O–H groups in total. The average Bonchev–Trinajstić information content (AvgIpc) is 2.36. The van der Waals surface area contributed by atoms with Gasteiger partial charge in [-0.15, -0.1) is 0 Å². The molecule has 1 aromatic rings. The van der Waals surface area contributed by atoms with Gasteiger partial charge in [0.2, 0.25) is 5.78 Å². The van der Waals surface area contributed by atoms with Crippen molar-refractivity contribution in [1.82, 2.24) is 0 Å². The van der Waals surface area contributed by atoms with Crippen LogP contribution in [0.2, 0.25) is 0 Å². The van der Waals surface area contributed by atoms with Gasteiger partial charge in [-0.1, -0.05) is 6.92 Å². The van der Waals surface area contributed by atoms with Crippen molar-refractivity contribution in [1.29, 1.82) is 5.41 Å². The van der Waals surface area contributed by atoms with E-state index in [0.717, 1.165) is 5.56 Å². The normalized spacial score (nSPS) is 21.7. The number of carbonyl (C=O) groups is 1. The minimum atomic E-state index is -0.268. The number of allylic oxidation sites excluding steroid dienone is 2. The maximum Gasteiger partial charge on any atom is 0.201 e. The zero-order valence-electron chi connectivity index (χ0n) is 11.3. The quantitative estimate of drug-likeness (QED) is 0.757. The zero-order valence-corrected chi connectivity index (χ0v) is 11.3. The number of aliphatic imine (C=N–C) groups is 1. The van der Waals surface area contributed by atoms with Crippen molar-refractivity contribution in [2.75, 3.05) is 5.73 Å². The van der Waals surface area contributed by atoms with Crippen molar-refractivity contribution in [3.63, 3.8) is 0 Å². The fourth-order valence-corrected chi connectivity index (χ4v) is 2.06. The van der Waals surface area contributed by atoms with Gasteiger partial charge in [-0.25, -0.2) is 4.99 Å². The van der Waals surface area contributed by atoms with E-state index in [4.69, 9.17) is 11.1 Å². The third kappa shape index (κ3) is 2.47. The summed E-state index contributed by atoms with van der Waals surface area (Å²) in [6.07, 6.45) is 1.48. The molecule has 0 radical (unpaired) electrons. The number of hydrogen-bond acceptors (Lipinski definition) is 4. The summed E-state index contributed by atoms with van der Waals surface area (Å²) in [5, 5.41) is 7.94. The number of nitrogens with zero attached hydrogens (tertiary/aromatic N) is 1. The van der Waals surface area contributed by atoms with Gasteiger partial charge in [-0.2, -0.15) is 0 Å². The summed E-state index contributed by atoms with van der Waals surface area (Å²) >= 11 is 0. The van der Waals surface area contributed by atoms with Crippen LogP contribution < -0.4 is 5.73 Å². The summed E-state index contributed by atoms with van der Waals surface area (Å²) in [7, 11) is 0. The van der Waals surface area contributed by atoms with Crippen LogP contribution in [0.5, 0.6) is 0 Å². The van der Waals surface area contributed by atoms with Crippen LogP contribution in [-0.2, 0) is 4.79 Å². The van der Waals surface area contributed by atoms with Gasteiger partial charge >= 0.3 is 0 Å². The Morgan fingerprint density at radius 1 is 1.32 bits per heavy atom. The monoisotopic (exact) mass is 255 g/mol. The molecule has 4 nitrogen and oxygen atoms in total. The Labute approximate surface area is 112 Å². The first-order valence-corrected chi connectivity index (χ1v) is 6.16. The summed E-state index contributed by atoms with van der Waals surface area (Å²) < 4.78 is 0. The van der Waals surface area contributed by atoms with Crippen LogP contribution in [0.1, 0.15) is 19.4 Å². The van der Waals surface area contributed by atoms with E-state index in [2.05, 4.69) is 4.99 Å². The predicted molar refractivity (Wildman–Crippen MR) is 78.3 cm³/mol. The van der Waals surface area contributed by atoms with Gasteiger partial charge < -0.3 is 11.1 Å². The van der Waals surface area contributed by atoms with Crippen LogP contribution in [0.3, 0.4) is 0 Å². The molecule has 1 atom stereocenters. The molecule has 2 rings (SSSR count). The number of ketones is 1. The topological polar surface area (TPSA) is 79.3 Å². The molecule has 1 aromatic carbocycles. The summed E-state index contributed by atoms with van der Waals surface area (Å²) in [4.78, 5) is 16.4. The fourth-order valence-electron chi connectivity index (χ4n) is 2.06. The standard InChI is InChI=1S/C15H17N3O/c1-8-6-11(4-5-12(8)16)18-15-10(3)14(17)9(2)7-13(15)19/h4-7,10,17H,16H2,1-3H3. The number of nitrogens with one attached hydrogen (secondary N) is 1. The Balaban J connectivity index is 2.45. The second kappa shape index (κ2) is 4.80. The SMILES string of the molecule is CC1=CC(=O)C(=Nc2ccc(N)c(C)c2)C(C)C1=N. The number of nitrogens with two attached hydrogens (primary N) is 1. The summed E-state index contributed by atoms with van der Waals surface area (Å²) in [6, 6.07) is 5.40. The lowest BCUT2D eigenvalue weighted by Crippen LogP contribution is -2.32. The number of hydrogen-bond donors (Lipinski definition) is 2. The van der Waals surface area contributed by atoms with Gasteiger partial charge in [0.25, 0.3) is 0 Å². The highest BCUT2D eigenvalue weighted by Gasteiger charge is 2.27. The van der Waals surface area contributed by atoms with E-state index in [9.17, 15) is 4.79 Å². The van der Waals surface area contributed by atoms with E-state index >= 15 is 0 Å². The molecule has 0 saturated heterocycles. The number of anilines is 1. The summed E-state index contributed by atoms with van der Waals surface area (Å²) in [5.41, 5.74) is 9.67. The lowest BCUT2D eigenvalue weighted by molar-refractivity contribution is -0.109. The van der Waals surface area contributed by atoms with Crippen molar-refractivity contribution < 1.29 is 4.79 Å². The Hall–Kier alpha value is -2.23. The summed E-state index contributed by atoms with van der Waals surface area (Å²) in [6.45, 7) is 5.51. The zero-order chi connectivity index (χ0) is 14.2. The maximum atomic E-state index is 12.0. The van der Waals surface area contributed by atoms with Crippen molar-refractivity contribution in [3.8, 4) is 0 Å². The highest BCUT2D eigenvalue weighted by Crippen LogP contribution is 2.23. The molecule has 0 aromatic heterocycles. The first-order valence-electron chi connectivity index (χ1n) is 6.16. The van der Waals surface area contributed by atoms with Gasteiger partial charge in [0, 0.05) is 17.3 Å². The van der Waals surface area contributed by atoms with Crippen molar-refractivity contribution in [2.24, 2.45) is 10.9 Å². The minimum absolute atomic E-state index is 0.115. The third-order valence-electron chi connectivity index (χ3n) is 3.37. The highest BCUT2D eigenvalue weighted by atomic mass is 16.1. The van der Waals surface area contributed by atoms with Crippen LogP contribution in [-0.4, -0.2) is 17.2 Å². The molecule has 1 aliphatic carbocycles. The van der Waals surface area contributed by atoms with Gasteiger partial charge in [0.05, 0.1) is 11.4 Å². The number of aryl methyl sites for hydroxylation is 1. The van der Waals surface area contributed by atoms with Gasteiger partial charge in [0.1, 0.15) is 0 Å². The molecule has 98 valence electrons. The number of nitrogen functional groups attached to an aromatic ring is 1. The van der Waals surface area contributed by atoms with Crippen LogP contribution in [0.4, 0.5) is 11.4 Å². The number of benzene rings is 1. The minimum Gasteiger partial charge on any atom is -0.399 e. The fraction of sp³-hybridized carbons (Fsp3) is 0.267. The first kappa shape index (κ1) is 13.2. The molecule has 1 unspecified atom stereocenters. The van der Waals surface area contributed by atoms with E-state index < -0.39 is 0 Å². The van der Waals surface area contributed by atoms with E-state index in [0.29, 0.717) is 28.4 Å². The van der Waals surface area contributed by atoms with E-state index in [1.54, 1.807) is 19.1 Å². The van der Waals surface area contributed by atoms with Crippen molar-refractivity contribution in [3.05, 3.63) is 35.4 Å². The largest absolute Gasteiger partial charge is 0.399 e. The molecule has 0 fully saturated rings. The Kier molecular flexibility index (Phi) is 3.34. The average molecular weight is 255 g/mol. The molecule has 4 heteroatoms. The molecular formula is C15H17N3O. The summed E-state index contributed by atoms with van der Waals surface area (Å²) in [5.74, 6) is -0.383. The lowest BCUT2D eigenvalue weighted by atomic mass is 9.86. The van der Waals surface area contributed by atoms with Crippen LogP contribution >= 0.6 is 0 Å². The maximum absolute atomic E-state index is 12.0. The van der Waals surface area contributed by atoms with Gasteiger partial charge in [-0.3, -0.25) is 4.79 Å². The first-order chi connectivity index (χ1) is 8.90. The second-order valence-corrected chi connectivity index (χ2v) is 4.86. The van der Waals surface area contributed by atoms with E-state index in [-0.39, 0.29) is 11.7 Å². The molecule has 0 bridgehead atoms. The second-order valence-electron chi connectivity index (χ2n) is 4.86. The Morgan fingerprint density at radius 3 is 2.63 bits per heavy atom. The number of rotatable bonds is 1. The van der Waals surface area contributed by atoms with Crippen LogP contribution in [0.15, 0.2) is 34.8 Å². The molecule has 1 aliphatic rings. The number of carbonyl (C=O) groups excluding carboxylic acids is 1. The van der Waals surface area contributed by atoms with Gasteiger partial charge in [-0.05, 0) is 49.3 Å². The smallest absolute Gasteiger partial charge is 0.201 e. The lowest BCUT2D eigenvalue weighted by Gasteiger charge is -2.19. The van der Waals surface area contributed by atoms with E-state index in [1.807, 2.05) is 19.9 Å². The van der Waals surface area contributed by atoms with Crippen LogP contribution in [0, 0.1) is 18.3 Å². The van der Waals surface area contributed by atoms with Gasteiger partial charge in [0.15, 0.2) is 0 Å². The molecular weight excluding hydrogens is 238 g/mol. The Morgan fingerprint density at radius 2 is 2.00 bits per heavy atom. The highest BCUT2D eigenvalue weighted by molar-refractivity contribution is 6.51. The molecule has 0 heterocycles. The molecule has 0 saturated carbocycles. The van der Waals surface area contributed by atoms with Crippen molar-refractivity contribution in [2.45, 2.75) is 20.8 Å². The molecule has 19 heavy (non-hydrogen) atoms. The Bertz CT molecular complexity index is 626. The predicted octanol–water partition coefficient (Wildman–Crippen LogP) is 2.83. The van der Waals surface area contributed by atoms with Crippen LogP contribution in [0.25, 0.3) is 0 Å².